The molecule has 3 heteroatoms. The van der Waals surface area contributed by atoms with E-state index in [-0.39, 0.29) is 0 Å². The predicted octanol–water partition coefficient (Wildman–Crippen LogP) is 2.84. The van der Waals surface area contributed by atoms with E-state index in [1.807, 2.05) is 0 Å². The van der Waals surface area contributed by atoms with Crippen molar-refractivity contribution in [1.29, 1.82) is 0 Å². The molecule has 0 amide bonds. The Kier molecular flexibility index (Phi) is 4.43. The number of nitrogens with zero attached hydrogens (tertiary/aromatic N) is 1. The fraction of sp³-hybridized carbons (Fsp3) is 1.00. The van der Waals surface area contributed by atoms with Gasteiger partial charge in [0.2, 0.25) is 0 Å². The molecule has 0 aromatic heterocycles. The van der Waals surface area contributed by atoms with Gasteiger partial charge in [0.1, 0.15) is 0 Å². The highest BCUT2D eigenvalue weighted by atomic mass is 32.1. The third-order valence-corrected chi connectivity index (χ3v) is 5.10. The van der Waals surface area contributed by atoms with E-state index in [4.69, 9.17) is 4.74 Å². The molecule has 0 saturated carbocycles. The monoisotopic (exact) mass is 257 g/mol. The molecule has 0 spiro atoms. The summed E-state index contributed by atoms with van der Waals surface area (Å²) in [5.74, 6) is 1.01. The van der Waals surface area contributed by atoms with Gasteiger partial charge in [-0.05, 0) is 48.8 Å². The van der Waals surface area contributed by atoms with E-state index < -0.39 is 0 Å². The van der Waals surface area contributed by atoms with Crippen LogP contribution >= 0.6 is 12.6 Å². The molecule has 0 N–H and O–H groups in total. The number of likely N-dealkylation sites (tertiary alicyclic amines) is 1. The lowest BCUT2D eigenvalue weighted by Crippen LogP contribution is -2.48. The third-order valence-electron chi connectivity index (χ3n) is 4.43. The van der Waals surface area contributed by atoms with Crippen LogP contribution in [0.15, 0.2) is 0 Å². The van der Waals surface area contributed by atoms with Crippen LogP contribution in [-0.2, 0) is 4.74 Å². The van der Waals surface area contributed by atoms with Crippen molar-refractivity contribution in [2.75, 3.05) is 38.6 Å². The Labute approximate surface area is 112 Å². The SMILES string of the molecule is CC1(C)CCCN(CC2(CS)CCOCC2)C1. The number of hydrogen-bond donors (Lipinski definition) is 1. The Morgan fingerprint density at radius 3 is 2.47 bits per heavy atom. The summed E-state index contributed by atoms with van der Waals surface area (Å²) in [7, 11) is 0. The third kappa shape index (κ3) is 3.62. The van der Waals surface area contributed by atoms with Gasteiger partial charge in [0.05, 0.1) is 0 Å². The largest absolute Gasteiger partial charge is 0.381 e. The molecule has 2 aliphatic rings. The van der Waals surface area contributed by atoms with Crippen molar-refractivity contribution in [1.82, 2.24) is 4.90 Å². The molecule has 0 bridgehead atoms. The Morgan fingerprint density at radius 1 is 1.18 bits per heavy atom. The van der Waals surface area contributed by atoms with Crippen molar-refractivity contribution in [3.8, 4) is 0 Å². The maximum absolute atomic E-state index is 5.50. The summed E-state index contributed by atoms with van der Waals surface area (Å²) in [4.78, 5) is 2.67. The minimum Gasteiger partial charge on any atom is -0.381 e. The molecule has 2 fully saturated rings. The Balaban J connectivity index is 1.93. The van der Waals surface area contributed by atoms with Gasteiger partial charge in [0, 0.05) is 26.3 Å². The Morgan fingerprint density at radius 2 is 1.88 bits per heavy atom. The first-order valence-corrected chi connectivity index (χ1v) is 7.60. The maximum Gasteiger partial charge on any atom is 0.0472 e. The van der Waals surface area contributed by atoms with E-state index >= 15 is 0 Å². The molecule has 2 saturated heterocycles. The van der Waals surface area contributed by atoms with E-state index in [2.05, 4.69) is 31.4 Å². The zero-order chi connectivity index (χ0) is 12.4. The summed E-state index contributed by atoms with van der Waals surface area (Å²) in [5.41, 5.74) is 0.913. The Hall–Kier alpha value is 0.270. The van der Waals surface area contributed by atoms with Crippen LogP contribution in [0.3, 0.4) is 0 Å². The van der Waals surface area contributed by atoms with Crippen molar-refractivity contribution >= 4 is 12.6 Å². The first-order chi connectivity index (χ1) is 8.05. The van der Waals surface area contributed by atoms with Gasteiger partial charge < -0.3 is 9.64 Å². The van der Waals surface area contributed by atoms with Crippen molar-refractivity contribution in [3.63, 3.8) is 0 Å². The van der Waals surface area contributed by atoms with Crippen LogP contribution in [0.2, 0.25) is 0 Å². The van der Waals surface area contributed by atoms with Gasteiger partial charge in [-0.3, -0.25) is 0 Å². The van der Waals surface area contributed by atoms with Gasteiger partial charge in [-0.1, -0.05) is 13.8 Å². The highest BCUT2D eigenvalue weighted by molar-refractivity contribution is 7.80. The number of rotatable bonds is 3. The van der Waals surface area contributed by atoms with E-state index in [9.17, 15) is 0 Å². The fourth-order valence-corrected chi connectivity index (χ4v) is 3.74. The molecule has 0 radical (unpaired) electrons. The van der Waals surface area contributed by atoms with Gasteiger partial charge in [-0.2, -0.15) is 12.6 Å². The molecular weight excluding hydrogens is 230 g/mol. The van der Waals surface area contributed by atoms with Crippen molar-refractivity contribution in [3.05, 3.63) is 0 Å². The normalized spacial score (nSPS) is 29.1. The summed E-state index contributed by atoms with van der Waals surface area (Å²) in [6.45, 7) is 10.4. The van der Waals surface area contributed by atoms with Crippen LogP contribution in [0.4, 0.5) is 0 Å². The molecule has 2 heterocycles. The van der Waals surface area contributed by atoms with Crippen LogP contribution in [0.25, 0.3) is 0 Å². The molecule has 17 heavy (non-hydrogen) atoms. The zero-order valence-electron chi connectivity index (χ0n) is 11.4. The number of ether oxygens (including phenoxy) is 1. The molecule has 0 atom stereocenters. The summed E-state index contributed by atoms with van der Waals surface area (Å²) in [6.07, 6.45) is 5.10. The van der Waals surface area contributed by atoms with Crippen molar-refractivity contribution in [2.24, 2.45) is 10.8 Å². The van der Waals surface area contributed by atoms with E-state index in [0.717, 1.165) is 19.0 Å². The van der Waals surface area contributed by atoms with Gasteiger partial charge >= 0.3 is 0 Å². The van der Waals surface area contributed by atoms with Crippen molar-refractivity contribution < 1.29 is 4.74 Å². The summed E-state index contributed by atoms with van der Waals surface area (Å²) in [6, 6.07) is 0. The van der Waals surface area contributed by atoms with Crippen LogP contribution in [0, 0.1) is 10.8 Å². The highest BCUT2D eigenvalue weighted by Gasteiger charge is 2.36. The quantitative estimate of drug-likeness (QED) is 0.781. The maximum atomic E-state index is 5.50. The average Bonchev–Trinajstić information content (AvgIpc) is 2.29. The number of piperidine rings is 1. The van der Waals surface area contributed by atoms with Gasteiger partial charge in [0.15, 0.2) is 0 Å². The molecule has 0 aromatic carbocycles. The fourth-order valence-electron chi connectivity index (χ4n) is 3.32. The highest BCUT2D eigenvalue weighted by Crippen LogP contribution is 2.36. The molecule has 0 aromatic rings. The summed E-state index contributed by atoms with van der Waals surface area (Å²) in [5, 5.41) is 0. The second kappa shape index (κ2) is 5.50. The lowest BCUT2D eigenvalue weighted by molar-refractivity contribution is -0.00578. The smallest absolute Gasteiger partial charge is 0.0472 e. The van der Waals surface area contributed by atoms with Gasteiger partial charge in [0.25, 0.3) is 0 Å². The topological polar surface area (TPSA) is 12.5 Å². The van der Waals surface area contributed by atoms with E-state index in [1.165, 1.54) is 45.3 Å². The van der Waals surface area contributed by atoms with Crippen LogP contribution in [0.5, 0.6) is 0 Å². The zero-order valence-corrected chi connectivity index (χ0v) is 12.3. The predicted molar refractivity (Wildman–Crippen MR) is 75.8 cm³/mol. The van der Waals surface area contributed by atoms with Crippen LogP contribution < -0.4 is 0 Å². The second-order valence-corrected chi connectivity index (χ2v) is 7.07. The van der Waals surface area contributed by atoms with E-state index in [1.54, 1.807) is 0 Å². The number of thiol groups is 1. The standard InChI is InChI=1S/C14H27NOS/c1-13(2)4-3-7-15(10-13)11-14(12-17)5-8-16-9-6-14/h17H,3-12H2,1-2H3. The molecule has 100 valence electrons. The first-order valence-electron chi connectivity index (χ1n) is 6.96. The van der Waals surface area contributed by atoms with Crippen LogP contribution in [-0.4, -0.2) is 43.5 Å². The molecule has 2 aliphatic heterocycles. The van der Waals surface area contributed by atoms with Gasteiger partial charge in [-0.25, -0.2) is 0 Å². The average molecular weight is 257 g/mol. The minimum absolute atomic E-state index is 0.411. The molecule has 2 nitrogen and oxygen atoms in total. The molecular formula is C14H27NOS. The number of hydrogen-bond acceptors (Lipinski definition) is 3. The summed E-state index contributed by atoms with van der Waals surface area (Å²) >= 11 is 4.61. The van der Waals surface area contributed by atoms with Crippen molar-refractivity contribution in [2.45, 2.75) is 39.5 Å². The molecule has 0 unspecified atom stereocenters. The lowest BCUT2D eigenvalue weighted by Gasteiger charge is -2.45. The second-order valence-electron chi connectivity index (χ2n) is 6.75. The lowest BCUT2D eigenvalue weighted by atomic mass is 9.79. The molecule has 0 aliphatic carbocycles. The summed E-state index contributed by atoms with van der Waals surface area (Å²) < 4.78 is 5.50. The van der Waals surface area contributed by atoms with Gasteiger partial charge in [-0.15, -0.1) is 0 Å². The molecule has 2 rings (SSSR count). The first kappa shape index (κ1) is 13.7. The van der Waals surface area contributed by atoms with Crippen LogP contribution in [0.1, 0.15) is 39.5 Å². The Bertz CT molecular complexity index is 249. The minimum atomic E-state index is 0.411. The van der Waals surface area contributed by atoms with E-state index in [0.29, 0.717) is 10.8 Å².